The molecule has 2 aromatic carbocycles. The van der Waals surface area contributed by atoms with Gasteiger partial charge in [0.05, 0.1) is 6.21 Å². The van der Waals surface area contributed by atoms with Crippen molar-refractivity contribution >= 4 is 23.7 Å². The molecular formula is C18H19ClN2O3. The SMILES string of the molecule is Cc1ccc(C)c(OCC(=O)N/N=C/c2cc(Cl)ccc2O)c1C. The summed E-state index contributed by atoms with van der Waals surface area (Å²) in [4.78, 5) is 11.8. The first-order valence-electron chi connectivity index (χ1n) is 7.38. The Morgan fingerprint density at radius 2 is 1.96 bits per heavy atom. The zero-order chi connectivity index (χ0) is 17.7. The molecule has 5 nitrogen and oxygen atoms in total. The van der Waals surface area contributed by atoms with Crippen LogP contribution >= 0.6 is 11.6 Å². The van der Waals surface area contributed by atoms with Gasteiger partial charge in [0.15, 0.2) is 6.61 Å². The Balaban J connectivity index is 1.94. The van der Waals surface area contributed by atoms with E-state index in [0.717, 1.165) is 16.7 Å². The summed E-state index contributed by atoms with van der Waals surface area (Å²) in [5.74, 6) is 0.342. The highest BCUT2D eigenvalue weighted by molar-refractivity contribution is 6.30. The van der Waals surface area contributed by atoms with Gasteiger partial charge in [-0.3, -0.25) is 4.79 Å². The number of rotatable bonds is 5. The Morgan fingerprint density at radius 1 is 1.25 bits per heavy atom. The second-order valence-corrected chi connectivity index (χ2v) is 5.87. The van der Waals surface area contributed by atoms with Crippen LogP contribution in [0, 0.1) is 20.8 Å². The quantitative estimate of drug-likeness (QED) is 0.643. The smallest absolute Gasteiger partial charge is 0.277 e. The van der Waals surface area contributed by atoms with Crippen molar-refractivity contribution in [2.75, 3.05) is 6.61 Å². The van der Waals surface area contributed by atoms with Gasteiger partial charge < -0.3 is 9.84 Å². The fourth-order valence-corrected chi connectivity index (χ4v) is 2.30. The van der Waals surface area contributed by atoms with Crippen molar-refractivity contribution in [1.82, 2.24) is 5.43 Å². The van der Waals surface area contributed by atoms with E-state index in [2.05, 4.69) is 10.5 Å². The largest absolute Gasteiger partial charge is 0.507 e. The highest BCUT2D eigenvalue weighted by atomic mass is 35.5. The maximum absolute atomic E-state index is 11.8. The zero-order valence-corrected chi connectivity index (χ0v) is 14.5. The number of nitrogens with zero attached hydrogens (tertiary/aromatic N) is 1. The van der Waals surface area contributed by atoms with E-state index in [-0.39, 0.29) is 12.4 Å². The summed E-state index contributed by atoms with van der Waals surface area (Å²) >= 11 is 5.84. The van der Waals surface area contributed by atoms with Crippen LogP contribution < -0.4 is 10.2 Å². The molecule has 0 fully saturated rings. The summed E-state index contributed by atoms with van der Waals surface area (Å²) < 4.78 is 5.60. The molecular weight excluding hydrogens is 328 g/mol. The summed E-state index contributed by atoms with van der Waals surface area (Å²) in [6.45, 7) is 5.73. The first-order valence-corrected chi connectivity index (χ1v) is 7.76. The molecule has 0 saturated heterocycles. The molecule has 0 aliphatic rings. The van der Waals surface area contributed by atoms with Crippen molar-refractivity contribution in [2.45, 2.75) is 20.8 Å². The normalized spacial score (nSPS) is 10.8. The molecule has 2 N–H and O–H groups in total. The van der Waals surface area contributed by atoms with Crippen molar-refractivity contribution < 1.29 is 14.6 Å². The number of carbonyl (C=O) groups is 1. The van der Waals surface area contributed by atoms with E-state index in [0.29, 0.717) is 16.3 Å². The standard InChI is InChI=1S/C18H19ClN2O3/c1-11-4-5-12(2)18(13(11)3)24-10-17(23)21-20-9-14-8-15(19)6-7-16(14)22/h4-9,22H,10H2,1-3H3,(H,21,23)/b20-9+. The van der Waals surface area contributed by atoms with Gasteiger partial charge in [-0.1, -0.05) is 23.7 Å². The Hall–Kier alpha value is -2.53. The number of hydrogen-bond donors (Lipinski definition) is 2. The zero-order valence-electron chi connectivity index (χ0n) is 13.8. The van der Waals surface area contributed by atoms with Crippen LogP contribution in [0.5, 0.6) is 11.5 Å². The predicted octanol–water partition coefficient (Wildman–Crippen LogP) is 3.50. The van der Waals surface area contributed by atoms with E-state index in [1.54, 1.807) is 12.1 Å². The number of benzene rings is 2. The topological polar surface area (TPSA) is 70.9 Å². The number of halogens is 1. The highest BCUT2D eigenvalue weighted by Crippen LogP contribution is 2.25. The molecule has 0 bridgehead atoms. The van der Waals surface area contributed by atoms with E-state index in [1.165, 1.54) is 12.3 Å². The van der Waals surface area contributed by atoms with E-state index in [9.17, 15) is 9.90 Å². The van der Waals surface area contributed by atoms with Gasteiger partial charge in [0.25, 0.3) is 5.91 Å². The molecule has 0 saturated carbocycles. The molecule has 24 heavy (non-hydrogen) atoms. The number of phenolic OH excluding ortho intramolecular Hbond substituents is 1. The van der Waals surface area contributed by atoms with Gasteiger partial charge in [-0.05, 0) is 55.7 Å². The van der Waals surface area contributed by atoms with Gasteiger partial charge in [-0.15, -0.1) is 0 Å². The van der Waals surface area contributed by atoms with Crippen LogP contribution in [0.15, 0.2) is 35.4 Å². The maximum Gasteiger partial charge on any atom is 0.277 e. The predicted molar refractivity (Wildman–Crippen MR) is 95.0 cm³/mol. The molecule has 2 aromatic rings. The molecule has 0 aliphatic carbocycles. The van der Waals surface area contributed by atoms with E-state index < -0.39 is 5.91 Å². The summed E-state index contributed by atoms with van der Waals surface area (Å²) in [6.07, 6.45) is 1.32. The summed E-state index contributed by atoms with van der Waals surface area (Å²) in [7, 11) is 0. The lowest BCUT2D eigenvalue weighted by Gasteiger charge is -2.13. The van der Waals surface area contributed by atoms with Crippen LogP contribution in [-0.4, -0.2) is 23.8 Å². The van der Waals surface area contributed by atoms with Crippen molar-refractivity contribution in [3.63, 3.8) is 0 Å². The molecule has 2 rings (SSSR count). The molecule has 0 unspecified atom stereocenters. The number of hydrogen-bond acceptors (Lipinski definition) is 4. The number of hydrazone groups is 1. The van der Waals surface area contributed by atoms with E-state index >= 15 is 0 Å². The van der Waals surface area contributed by atoms with Crippen molar-refractivity contribution in [1.29, 1.82) is 0 Å². The van der Waals surface area contributed by atoms with Crippen LogP contribution in [0.4, 0.5) is 0 Å². The second-order valence-electron chi connectivity index (χ2n) is 5.44. The number of carbonyl (C=O) groups excluding carboxylic acids is 1. The number of aryl methyl sites for hydroxylation is 2. The average Bonchev–Trinajstić information content (AvgIpc) is 2.54. The lowest BCUT2D eigenvalue weighted by atomic mass is 10.1. The average molecular weight is 347 g/mol. The molecule has 6 heteroatoms. The van der Waals surface area contributed by atoms with Crippen LogP contribution in [0.2, 0.25) is 5.02 Å². The van der Waals surface area contributed by atoms with Gasteiger partial charge in [-0.2, -0.15) is 5.10 Å². The Bertz CT molecular complexity index is 788. The number of nitrogens with one attached hydrogen (secondary N) is 1. The van der Waals surface area contributed by atoms with Crippen molar-refractivity contribution in [2.24, 2.45) is 5.10 Å². The third-order valence-corrected chi connectivity index (χ3v) is 3.84. The first kappa shape index (κ1) is 17.8. The minimum absolute atomic E-state index is 0.0275. The monoisotopic (exact) mass is 346 g/mol. The van der Waals surface area contributed by atoms with E-state index in [4.69, 9.17) is 16.3 Å². The van der Waals surface area contributed by atoms with Crippen LogP contribution in [-0.2, 0) is 4.79 Å². The Kier molecular flexibility index (Phi) is 5.82. The van der Waals surface area contributed by atoms with Crippen molar-refractivity contribution in [3.8, 4) is 11.5 Å². The number of amides is 1. The second kappa shape index (κ2) is 7.84. The summed E-state index contributed by atoms with van der Waals surface area (Å²) in [6, 6.07) is 8.53. The number of phenols is 1. The van der Waals surface area contributed by atoms with Crippen LogP contribution in [0.1, 0.15) is 22.3 Å². The summed E-state index contributed by atoms with van der Waals surface area (Å²) in [5, 5.41) is 13.9. The Morgan fingerprint density at radius 3 is 2.71 bits per heavy atom. The molecule has 0 aliphatic heterocycles. The van der Waals surface area contributed by atoms with Gasteiger partial charge in [-0.25, -0.2) is 5.43 Å². The molecule has 1 amide bonds. The van der Waals surface area contributed by atoms with Gasteiger partial charge in [0.1, 0.15) is 11.5 Å². The van der Waals surface area contributed by atoms with E-state index in [1.807, 2.05) is 32.9 Å². The van der Waals surface area contributed by atoms with Crippen molar-refractivity contribution in [3.05, 3.63) is 57.6 Å². The molecule has 0 atom stereocenters. The fraction of sp³-hybridized carbons (Fsp3) is 0.222. The number of ether oxygens (including phenoxy) is 1. The minimum Gasteiger partial charge on any atom is -0.507 e. The summed E-state index contributed by atoms with van der Waals surface area (Å²) in [5.41, 5.74) is 5.85. The third kappa shape index (κ3) is 4.49. The molecule has 126 valence electrons. The lowest BCUT2D eigenvalue weighted by molar-refractivity contribution is -0.123. The lowest BCUT2D eigenvalue weighted by Crippen LogP contribution is -2.25. The molecule has 0 radical (unpaired) electrons. The first-order chi connectivity index (χ1) is 11.4. The van der Waals surface area contributed by atoms with Crippen LogP contribution in [0.25, 0.3) is 0 Å². The Labute approximate surface area is 145 Å². The van der Waals surface area contributed by atoms with Gasteiger partial charge in [0, 0.05) is 10.6 Å². The molecule has 0 heterocycles. The third-order valence-electron chi connectivity index (χ3n) is 3.60. The van der Waals surface area contributed by atoms with Gasteiger partial charge >= 0.3 is 0 Å². The molecule has 0 aromatic heterocycles. The fourth-order valence-electron chi connectivity index (χ4n) is 2.12. The molecule has 0 spiro atoms. The highest BCUT2D eigenvalue weighted by Gasteiger charge is 2.09. The minimum atomic E-state index is -0.395. The number of aromatic hydroxyl groups is 1. The van der Waals surface area contributed by atoms with Crippen LogP contribution in [0.3, 0.4) is 0 Å². The van der Waals surface area contributed by atoms with Gasteiger partial charge in [0.2, 0.25) is 0 Å². The maximum atomic E-state index is 11.8.